The summed E-state index contributed by atoms with van der Waals surface area (Å²) in [7, 11) is 0. The minimum Gasteiger partial charge on any atom is -0.355 e. The topological polar surface area (TPSA) is 47.6 Å². The van der Waals surface area contributed by atoms with Gasteiger partial charge in [0, 0.05) is 19.0 Å². The molecule has 1 N–H and O–H groups in total. The highest BCUT2D eigenvalue weighted by atomic mass is 16.7. The van der Waals surface area contributed by atoms with Crippen LogP contribution < -0.4 is 5.32 Å². The Morgan fingerprint density at radius 2 is 2.38 bits per heavy atom. The molecule has 1 atom stereocenters. The van der Waals surface area contributed by atoms with E-state index in [1.165, 1.54) is 6.92 Å². The van der Waals surface area contributed by atoms with Crippen LogP contribution in [-0.4, -0.2) is 19.3 Å². The van der Waals surface area contributed by atoms with Crippen LogP contribution in [0.25, 0.3) is 0 Å². The number of nitrogens with one attached hydrogen (secondary N) is 1. The molecule has 1 aromatic rings. The van der Waals surface area contributed by atoms with Crippen LogP contribution in [0.15, 0.2) is 24.3 Å². The summed E-state index contributed by atoms with van der Waals surface area (Å²) in [5, 5.41) is 2.76. The second kappa shape index (κ2) is 5.09. The Bertz CT molecular complexity index is 372. The molecule has 0 aromatic heterocycles. The standard InChI is InChI=1S/C12H15NO3/c1-9(14)13-11-4-2-3-10(7-11)12-5-6-15-8-16-12/h2-4,7,12H,5-6,8H2,1H3,(H,13,14). The number of rotatable bonds is 2. The summed E-state index contributed by atoms with van der Waals surface area (Å²) < 4.78 is 10.6. The van der Waals surface area contributed by atoms with Crippen molar-refractivity contribution >= 4 is 11.6 Å². The van der Waals surface area contributed by atoms with E-state index in [0.29, 0.717) is 6.79 Å². The molecule has 4 heteroatoms. The zero-order valence-corrected chi connectivity index (χ0v) is 9.23. The number of amides is 1. The van der Waals surface area contributed by atoms with Crippen LogP contribution in [0.5, 0.6) is 0 Å². The molecular formula is C12H15NO3. The Hall–Kier alpha value is -1.39. The van der Waals surface area contributed by atoms with E-state index in [9.17, 15) is 4.79 Å². The highest BCUT2D eigenvalue weighted by molar-refractivity contribution is 5.88. The Balaban J connectivity index is 2.11. The molecule has 86 valence electrons. The summed E-state index contributed by atoms with van der Waals surface area (Å²) in [6, 6.07) is 7.72. The van der Waals surface area contributed by atoms with E-state index in [0.717, 1.165) is 24.3 Å². The first kappa shape index (κ1) is 11.1. The molecule has 0 radical (unpaired) electrons. The first-order valence-corrected chi connectivity index (χ1v) is 5.32. The number of anilines is 1. The summed E-state index contributed by atoms with van der Waals surface area (Å²) in [6.07, 6.45) is 0.922. The van der Waals surface area contributed by atoms with Crippen molar-refractivity contribution in [1.82, 2.24) is 0 Å². The average Bonchev–Trinajstić information content (AvgIpc) is 2.30. The molecule has 1 aliphatic heterocycles. The normalized spacial score (nSPS) is 20.4. The van der Waals surface area contributed by atoms with Gasteiger partial charge in [0.1, 0.15) is 6.79 Å². The van der Waals surface area contributed by atoms with Gasteiger partial charge in [0.15, 0.2) is 0 Å². The number of carbonyl (C=O) groups is 1. The average molecular weight is 221 g/mol. The van der Waals surface area contributed by atoms with Crippen LogP contribution in [0, 0.1) is 0 Å². The van der Waals surface area contributed by atoms with Crippen LogP contribution in [0.1, 0.15) is 25.0 Å². The van der Waals surface area contributed by atoms with E-state index < -0.39 is 0 Å². The van der Waals surface area contributed by atoms with E-state index in [-0.39, 0.29) is 12.0 Å². The van der Waals surface area contributed by atoms with Gasteiger partial charge in [-0.05, 0) is 17.7 Å². The molecule has 1 aliphatic rings. The van der Waals surface area contributed by atoms with Crippen molar-refractivity contribution in [1.29, 1.82) is 0 Å². The summed E-state index contributed by atoms with van der Waals surface area (Å²) in [6.45, 7) is 2.56. The number of hydrogen-bond donors (Lipinski definition) is 1. The van der Waals surface area contributed by atoms with Crippen molar-refractivity contribution in [2.45, 2.75) is 19.4 Å². The molecule has 1 saturated heterocycles. The van der Waals surface area contributed by atoms with Gasteiger partial charge in [-0.3, -0.25) is 4.79 Å². The van der Waals surface area contributed by atoms with Gasteiger partial charge >= 0.3 is 0 Å². The second-order valence-corrected chi connectivity index (χ2v) is 3.78. The molecule has 0 bridgehead atoms. The van der Waals surface area contributed by atoms with Crippen molar-refractivity contribution in [3.63, 3.8) is 0 Å². The van der Waals surface area contributed by atoms with E-state index in [1.54, 1.807) is 0 Å². The maximum atomic E-state index is 10.9. The maximum absolute atomic E-state index is 10.9. The fourth-order valence-electron chi connectivity index (χ4n) is 1.75. The third kappa shape index (κ3) is 2.81. The molecule has 1 unspecified atom stereocenters. The predicted octanol–water partition coefficient (Wildman–Crippen LogP) is 2.08. The summed E-state index contributed by atoms with van der Waals surface area (Å²) >= 11 is 0. The summed E-state index contributed by atoms with van der Waals surface area (Å²) in [5.74, 6) is -0.0648. The van der Waals surface area contributed by atoms with Crippen molar-refractivity contribution in [3.8, 4) is 0 Å². The Kier molecular flexibility index (Phi) is 3.54. The number of carbonyl (C=O) groups excluding carboxylic acids is 1. The third-order valence-corrected chi connectivity index (χ3v) is 2.46. The highest BCUT2D eigenvalue weighted by Gasteiger charge is 2.16. The molecule has 4 nitrogen and oxygen atoms in total. The molecule has 1 amide bonds. The Morgan fingerprint density at radius 1 is 1.50 bits per heavy atom. The smallest absolute Gasteiger partial charge is 0.221 e. The fourth-order valence-corrected chi connectivity index (χ4v) is 1.75. The lowest BCUT2D eigenvalue weighted by molar-refractivity contribution is -0.140. The van der Waals surface area contributed by atoms with Crippen molar-refractivity contribution in [2.24, 2.45) is 0 Å². The quantitative estimate of drug-likeness (QED) is 0.831. The van der Waals surface area contributed by atoms with Gasteiger partial charge in [-0.15, -0.1) is 0 Å². The van der Waals surface area contributed by atoms with Crippen LogP contribution in [0.4, 0.5) is 5.69 Å². The Morgan fingerprint density at radius 3 is 3.06 bits per heavy atom. The van der Waals surface area contributed by atoms with Crippen molar-refractivity contribution in [2.75, 3.05) is 18.7 Å². The minimum atomic E-state index is -0.0648. The van der Waals surface area contributed by atoms with Gasteiger partial charge in [0.2, 0.25) is 5.91 Å². The van der Waals surface area contributed by atoms with E-state index in [1.807, 2.05) is 24.3 Å². The third-order valence-electron chi connectivity index (χ3n) is 2.46. The number of hydrogen-bond acceptors (Lipinski definition) is 3. The lowest BCUT2D eigenvalue weighted by Gasteiger charge is -2.23. The van der Waals surface area contributed by atoms with E-state index >= 15 is 0 Å². The lowest BCUT2D eigenvalue weighted by Crippen LogP contribution is -2.17. The Labute approximate surface area is 94.6 Å². The van der Waals surface area contributed by atoms with Gasteiger partial charge in [-0.1, -0.05) is 12.1 Å². The van der Waals surface area contributed by atoms with Gasteiger partial charge in [-0.25, -0.2) is 0 Å². The number of ether oxygens (including phenoxy) is 2. The predicted molar refractivity (Wildman–Crippen MR) is 60.0 cm³/mol. The zero-order chi connectivity index (χ0) is 11.4. The minimum absolute atomic E-state index is 0.0648. The summed E-state index contributed by atoms with van der Waals surface area (Å²) in [4.78, 5) is 10.9. The molecule has 1 fully saturated rings. The second-order valence-electron chi connectivity index (χ2n) is 3.78. The monoisotopic (exact) mass is 221 g/mol. The molecule has 0 saturated carbocycles. The lowest BCUT2D eigenvalue weighted by atomic mass is 10.1. The molecule has 0 aliphatic carbocycles. The molecule has 2 rings (SSSR count). The van der Waals surface area contributed by atoms with Gasteiger partial charge in [0.05, 0.1) is 12.7 Å². The highest BCUT2D eigenvalue weighted by Crippen LogP contribution is 2.26. The molecule has 0 spiro atoms. The summed E-state index contributed by atoms with van der Waals surface area (Å²) in [5.41, 5.74) is 1.88. The largest absolute Gasteiger partial charge is 0.355 e. The number of benzene rings is 1. The van der Waals surface area contributed by atoms with E-state index in [2.05, 4.69) is 5.32 Å². The van der Waals surface area contributed by atoms with Crippen LogP contribution in [0.3, 0.4) is 0 Å². The van der Waals surface area contributed by atoms with Gasteiger partial charge in [0.25, 0.3) is 0 Å². The molecule has 1 heterocycles. The van der Waals surface area contributed by atoms with Gasteiger partial charge < -0.3 is 14.8 Å². The molecular weight excluding hydrogens is 206 g/mol. The van der Waals surface area contributed by atoms with E-state index in [4.69, 9.17) is 9.47 Å². The van der Waals surface area contributed by atoms with Crippen LogP contribution in [0.2, 0.25) is 0 Å². The molecule has 16 heavy (non-hydrogen) atoms. The van der Waals surface area contributed by atoms with Crippen LogP contribution in [-0.2, 0) is 14.3 Å². The maximum Gasteiger partial charge on any atom is 0.221 e. The SMILES string of the molecule is CC(=O)Nc1cccc(C2CCOCO2)c1. The molecule has 1 aromatic carbocycles. The fraction of sp³-hybridized carbons (Fsp3) is 0.417. The zero-order valence-electron chi connectivity index (χ0n) is 9.23. The first-order chi connectivity index (χ1) is 7.75. The van der Waals surface area contributed by atoms with Crippen molar-refractivity contribution in [3.05, 3.63) is 29.8 Å². The first-order valence-electron chi connectivity index (χ1n) is 5.32. The van der Waals surface area contributed by atoms with Gasteiger partial charge in [-0.2, -0.15) is 0 Å². The van der Waals surface area contributed by atoms with Crippen molar-refractivity contribution < 1.29 is 14.3 Å². The van der Waals surface area contributed by atoms with Crippen LogP contribution >= 0.6 is 0 Å².